The molecular formula is C20H32O4S. The monoisotopic (exact) mass is 368 g/mol. The highest BCUT2D eigenvalue weighted by atomic mass is 32.1. The predicted molar refractivity (Wildman–Crippen MR) is 99.2 cm³/mol. The molecule has 2 bridgehead atoms. The smallest absolute Gasteiger partial charge is 0.101 e. The zero-order valence-electron chi connectivity index (χ0n) is 15.4. The maximum atomic E-state index is 11.7. The Morgan fingerprint density at radius 1 is 1.12 bits per heavy atom. The molecule has 1 spiro atoms. The number of hydrogen-bond donors (Lipinski definition) is 5. The maximum Gasteiger partial charge on any atom is 0.101 e. The van der Waals surface area contributed by atoms with Crippen LogP contribution in [0.4, 0.5) is 0 Å². The van der Waals surface area contributed by atoms with Gasteiger partial charge < -0.3 is 20.4 Å². The number of thiol groups is 1. The van der Waals surface area contributed by atoms with Crippen LogP contribution in [0, 0.1) is 34.5 Å². The van der Waals surface area contributed by atoms with Crippen molar-refractivity contribution >= 4 is 12.6 Å². The molecule has 0 saturated heterocycles. The Morgan fingerprint density at radius 2 is 1.80 bits per heavy atom. The van der Waals surface area contributed by atoms with Gasteiger partial charge in [0.2, 0.25) is 0 Å². The van der Waals surface area contributed by atoms with E-state index in [-0.39, 0.29) is 23.7 Å². The quantitative estimate of drug-likeness (QED) is 0.361. The SMILES string of the molecule is C[C@H]1[C@@H]2CC[C@H]3C(CS)=C[C@]2(C[C@@H](O)[C@@]2(O)[C@H]1C[C@H](O)C2(C)C)[C@@H]3O. The summed E-state index contributed by atoms with van der Waals surface area (Å²) in [4.78, 5) is 0. The molecule has 5 heteroatoms. The lowest BCUT2D eigenvalue weighted by Gasteiger charge is -2.47. The summed E-state index contributed by atoms with van der Waals surface area (Å²) in [6.45, 7) is 5.88. The first kappa shape index (κ1) is 18.3. The van der Waals surface area contributed by atoms with Crippen LogP contribution in [0.5, 0.6) is 0 Å². The summed E-state index contributed by atoms with van der Waals surface area (Å²) in [5.74, 6) is 0.961. The summed E-state index contributed by atoms with van der Waals surface area (Å²) in [6, 6.07) is 0. The second kappa shape index (κ2) is 5.48. The lowest BCUT2D eigenvalue weighted by Crippen LogP contribution is -2.57. The van der Waals surface area contributed by atoms with E-state index in [1.165, 1.54) is 5.57 Å². The van der Waals surface area contributed by atoms with E-state index in [1.54, 1.807) is 0 Å². The maximum absolute atomic E-state index is 11.7. The van der Waals surface area contributed by atoms with Crippen molar-refractivity contribution in [3.05, 3.63) is 11.6 Å². The molecule has 4 aliphatic rings. The van der Waals surface area contributed by atoms with Gasteiger partial charge in [-0.05, 0) is 43.4 Å². The van der Waals surface area contributed by atoms with Crippen LogP contribution in [-0.4, -0.2) is 50.1 Å². The lowest BCUT2D eigenvalue weighted by atomic mass is 9.59. The zero-order valence-corrected chi connectivity index (χ0v) is 16.3. The van der Waals surface area contributed by atoms with Gasteiger partial charge in [-0.3, -0.25) is 0 Å². The van der Waals surface area contributed by atoms with Crippen molar-refractivity contribution in [2.45, 2.75) is 70.4 Å². The normalized spacial score (nSPS) is 56.8. The minimum absolute atomic E-state index is 0.129. The van der Waals surface area contributed by atoms with E-state index in [2.05, 4.69) is 25.6 Å². The molecule has 4 rings (SSSR count). The van der Waals surface area contributed by atoms with Crippen molar-refractivity contribution < 1.29 is 20.4 Å². The average Bonchev–Trinajstić information content (AvgIpc) is 2.81. The van der Waals surface area contributed by atoms with Gasteiger partial charge in [-0.1, -0.05) is 32.4 Å². The Morgan fingerprint density at radius 3 is 2.44 bits per heavy atom. The Labute approximate surface area is 155 Å². The van der Waals surface area contributed by atoms with Crippen molar-refractivity contribution in [2.75, 3.05) is 5.75 Å². The molecule has 0 radical (unpaired) electrons. The second-order valence-electron chi connectivity index (χ2n) is 9.71. The van der Waals surface area contributed by atoms with Crippen molar-refractivity contribution in [3.8, 4) is 0 Å². The van der Waals surface area contributed by atoms with Gasteiger partial charge in [0.05, 0.1) is 18.3 Å². The highest BCUT2D eigenvalue weighted by molar-refractivity contribution is 7.80. The van der Waals surface area contributed by atoms with Gasteiger partial charge in [-0.2, -0.15) is 12.6 Å². The molecule has 9 atom stereocenters. The molecule has 25 heavy (non-hydrogen) atoms. The second-order valence-corrected chi connectivity index (χ2v) is 10.0. The fourth-order valence-corrected chi connectivity index (χ4v) is 7.51. The van der Waals surface area contributed by atoms with Crippen LogP contribution < -0.4 is 0 Å². The fourth-order valence-electron chi connectivity index (χ4n) is 7.18. The van der Waals surface area contributed by atoms with Gasteiger partial charge in [0, 0.05) is 22.5 Å². The largest absolute Gasteiger partial charge is 0.392 e. The standard InChI is InChI=1S/C20H32O4S/c1-10-13-5-4-12-11(9-25)7-19(13,17(12)23)8-16(22)20(24)14(10)6-15(21)18(20,2)3/h7,10,12-17,21-25H,4-6,8-9H2,1-3H3/t10-,12-,13-,14-,15-,16+,17+,19+,20-/m0/s1. The molecule has 0 aromatic heterocycles. The van der Waals surface area contributed by atoms with Gasteiger partial charge in [0.15, 0.2) is 0 Å². The number of hydrogen-bond acceptors (Lipinski definition) is 5. The molecule has 4 nitrogen and oxygen atoms in total. The Kier molecular flexibility index (Phi) is 4.01. The Bertz CT molecular complexity index is 605. The first-order chi connectivity index (χ1) is 11.6. The summed E-state index contributed by atoms with van der Waals surface area (Å²) in [7, 11) is 0. The van der Waals surface area contributed by atoms with Crippen molar-refractivity contribution in [1.82, 2.24) is 0 Å². The number of fused-ring (bicyclic) bond motifs is 2. The molecular weight excluding hydrogens is 336 g/mol. The molecule has 0 unspecified atom stereocenters. The van der Waals surface area contributed by atoms with Crippen molar-refractivity contribution in [3.63, 3.8) is 0 Å². The van der Waals surface area contributed by atoms with E-state index in [0.717, 1.165) is 12.8 Å². The third kappa shape index (κ3) is 2.00. The highest BCUT2D eigenvalue weighted by Crippen LogP contribution is 2.66. The molecule has 0 heterocycles. The molecule has 4 N–H and O–H groups in total. The topological polar surface area (TPSA) is 80.9 Å². The molecule has 0 amide bonds. The summed E-state index contributed by atoms with van der Waals surface area (Å²) in [6.07, 6.45) is 2.92. The van der Waals surface area contributed by atoms with E-state index in [4.69, 9.17) is 0 Å². The van der Waals surface area contributed by atoms with Crippen LogP contribution in [-0.2, 0) is 0 Å². The van der Waals surface area contributed by atoms with Crippen LogP contribution in [0.15, 0.2) is 11.6 Å². The van der Waals surface area contributed by atoms with Crippen LogP contribution >= 0.6 is 12.6 Å². The van der Waals surface area contributed by atoms with E-state index in [0.29, 0.717) is 18.6 Å². The van der Waals surface area contributed by atoms with Crippen molar-refractivity contribution in [1.29, 1.82) is 0 Å². The minimum atomic E-state index is -1.33. The number of aliphatic hydroxyl groups is 4. The number of aliphatic hydroxyl groups excluding tert-OH is 3. The first-order valence-electron chi connectivity index (χ1n) is 9.70. The Balaban J connectivity index is 1.84. The van der Waals surface area contributed by atoms with Crippen LogP contribution in [0.2, 0.25) is 0 Å². The molecule has 142 valence electrons. The summed E-state index contributed by atoms with van der Waals surface area (Å²) >= 11 is 4.46. The summed E-state index contributed by atoms with van der Waals surface area (Å²) in [5, 5.41) is 44.6. The Hall–Kier alpha value is -0.0700. The van der Waals surface area contributed by atoms with Gasteiger partial charge in [-0.15, -0.1) is 0 Å². The van der Waals surface area contributed by atoms with Gasteiger partial charge in [-0.25, -0.2) is 0 Å². The molecule has 4 aliphatic carbocycles. The lowest BCUT2D eigenvalue weighted by molar-refractivity contribution is -0.177. The summed E-state index contributed by atoms with van der Waals surface area (Å²) in [5.41, 5.74) is -1.38. The molecule has 3 saturated carbocycles. The number of rotatable bonds is 1. The molecule has 0 aliphatic heterocycles. The first-order valence-corrected chi connectivity index (χ1v) is 10.3. The van der Waals surface area contributed by atoms with Gasteiger partial charge in [0.25, 0.3) is 0 Å². The zero-order chi connectivity index (χ0) is 18.4. The van der Waals surface area contributed by atoms with Crippen LogP contribution in [0.3, 0.4) is 0 Å². The van der Waals surface area contributed by atoms with Gasteiger partial charge in [0.1, 0.15) is 5.60 Å². The minimum Gasteiger partial charge on any atom is -0.392 e. The van der Waals surface area contributed by atoms with E-state index >= 15 is 0 Å². The van der Waals surface area contributed by atoms with Gasteiger partial charge >= 0.3 is 0 Å². The van der Waals surface area contributed by atoms with E-state index < -0.39 is 34.7 Å². The summed E-state index contributed by atoms with van der Waals surface area (Å²) < 4.78 is 0. The van der Waals surface area contributed by atoms with E-state index in [9.17, 15) is 20.4 Å². The fraction of sp³-hybridized carbons (Fsp3) is 0.900. The van der Waals surface area contributed by atoms with Crippen LogP contribution in [0.25, 0.3) is 0 Å². The predicted octanol–water partition coefficient (Wildman–Crippen LogP) is 1.77. The van der Waals surface area contributed by atoms with E-state index in [1.807, 2.05) is 13.8 Å². The molecule has 0 aromatic rings. The van der Waals surface area contributed by atoms with Crippen molar-refractivity contribution in [2.24, 2.45) is 34.5 Å². The average molecular weight is 369 g/mol. The highest BCUT2D eigenvalue weighted by Gasteiger charge is 2.70. The van der Waals surface area contributed by atoms with Crippen LogP contribution in [0.1, 0.15) is 46.5 Å². The third-order valence-electron chi connectivity index (χ3n) is 8.76. The third-order valence-corrected chi connectivity index (χ3v) is 9.12. The molecule has 0 aromatic carbocycles. The molecule has 3 fully saturated rings.